The van der Waals surface area contributed by atoms with E-state index in [2.05, 4.69) is 30.7 Å². The fourth-order valence-corrected chi connectivity index (χ4v) is 1.20. The van der Waals surface area contributed by atoms with Gasteiger partial charge in [-0.15, -0.1) is 0 Å². The van der Waals surface area contributed by atoms with Crippen LogP contribution >= 0.6 is 0 Å². The predicted octanol–water partition coefficient (Wildman–Crippen LogP) is 1.83. The molecule has 0 unspecified atom stereocenters. The third-order valence-corrected chi connectivity index (χ3v) is 1.71. The summed E-state index contributed by atoms with van der Waals surface area (Å²) in [4.78, 5) is 6.51. The minimum atomic E-state index is -0.0909. The molecule has 13 heavy (non-hydrogen) atoms. The minimum absolute atomic E-state index is 0.0909. The molecule has 0 aliphatic heterocycles. The number of aliphatic imine (C=N–C) groups is 1. The average Bonchev–Trinajstić information content (AvgIpc) is 1.82. The summed E-state index contributed by atoms with van der Waals surface area (Å²) in [7, 11) is 0. The second-order valence-corrected chi connectivity index (χ2v) is 4.52. The predicted molar refractivity (Wildman–Crippen MR) is 58.9 cm³/mol. The molecule has 3 nitrogen and oxygen atoms in total. The molecule has 78 valence electrons. The summed E-state index contributed by atoms with van der Waals surface area (Å²) in [6.07, 6.45) is 0. The number of guanidine groups is 1. The molecule has 0 aliphatic rings. The topological polar surface area (TPSA) is 41.6 Å². The van der Waals surface area contributed by atoms with Crippen LogP contribution in [-0.4, -0.2) is 29.0 Å². The van der Waals surface area contributed by atoms with E-state index >= 15 is 0 Å². The van der Waals surface area contributed by atoms with Crippen LogP contribution in [0.3, 0.4) is 0 Å². The number of rotatable bonds is 2. The zero-order chi connectivity index (χ0) is 10.6. The van der Waals surface area contributed by atoms with Crippen molar-refractivity contribution in [1.82, 2.24) is 4.90 Å². The van der Waals surface area contributed by atoms with Crippen LogP contribution in [0.15, 0.2) is 4.99 Å². The van der Waals surface area contributed by atoms with Gasteiger partial charge in [0, 0.05) is 12.6 Å². The van der Waals surface area contributed by atoms with E-state index in [1.807, 2.05) is 20.8 Å². The van der Waals surface area contributed by atoms with E-state index in [4.69, 9.17) is 5.73 Å². The zero-order valence-corrected chi connectivity index (χ0v) is 9.76. The van der Waals surface area contributed by atoms with Crippen molar-refractivity contribution in [3.63, 3.8) is 0 Å². The Hall–Kier alpha value is -0.730. The molecule has 0 aromatic carbocycles. The van der Waals surface area contributed by atoms with Crippen molar-refractivity contribution in [2.75, 3.05) is 6.54 Å². The second kappa shape index (κ2) is 4.49. The Kier molecular flexibility index (Phi) is 4.24. The average molecular weight is 185 g/mol. The van der Waals surface area contributed by atoms with Gasteiger partial charge in [-0.1, -0.05) is 0 Å². The van der Waals surface area contributed by atoms with Crippen LogP contribution in [0.2, 0.25) is 0 Å². The number of hydrogen-bond donors (Lipinski definition) is 1. The maximum Gasteiger partial charge on any atom is 0.192 e. The standard InChI is InChI=1S/C10H23N3/c1-7-13(8(2)3)9(11)12-10(4,5)6/h8H,7H2,1-6H3,(H2,11,12). The van der Waals surface area contributed by atoms with E-state index in [1.165, 1.54) is 0 Å². The number of nitrogens with two attached hydrogens (primary N) is 1. The van der Waals surface area contributed by atoms with Crippen molar-refractivity contribution in [3.05, 3.63) is 0 Å². The van der Waals surface area contributed by atoms with Gasteiger partial charge in [0.25, 0.3) is 0 Å². The van der Waals surface area contributed by atoms with Gasteiger partial charge in [0.05, 0.1) is 5.54 Å². The van der Waals surface area contributed by atoms with E-state index < -0.39 is 0 Å². The lowest BCUT2D eigenvalue weighted by atomic mass is 10.1. The Morgan fingerprint density at radius 1 is 1.38 bits per heavy atom. The highest BCUT2D eigenvalue weighted by molar-refractivity contribution is 5.78. The third kappa shape index (κ3) is 4.76. The Morgan fingerprint density at radius 2 is 1.85 bits per heavy atom. The van der Waals surface area contributed by atoms with Gasteiger partial charge in [-0.2, -0.15) is 0 Å². The number of hydrogen-bond acceptors (Lipinski definition) is 1. The van der Waals surface area contributed by atoms with E-state index in [9.17, 15) is 0 Å². The van der Waals surface area contributed by atoms with E-state index in [0.717, 1.165) is 6.54 Å². The van der Waals surface area contributed by atoms with Crippen LogP contribution in [0.4, 0.5) is 0 Å². The van der Waals surface area contributed by atoms with Gasteiger partial charge in [0.15, 0.2) is 5.96 Å². The first kappa shape index (κ1) is 12.3. The molecule has 0 aromatic heterocycles. The van der Waals surface area contributed by atoms with Gasteiger partial charge in [-0.25, -0.2) is 4.99 Å². The van der Waals surface area contributed by atoms with Crippen molar-refractivity contribution >= 4 is 5.96 Å². The molecule has 0 saturated carbocycles. The summed E-state index contributed by atoms with van der Waals surface area (Å²) >= 11 is 0. The van der Waals surface area contributed by atoms with E-state index in [0.29, 0.717) is 12.0 Å². The Balaban J connectivity index is 4.55. The fourth-order valence-electron chi connectivity index (χ4n) is 1.20. The molecule has 0 aromatic rings. The summed E-state index contributed by atoms with van der Waals surface area (Å²) in [6, 6.07) is 0.413. The van der Waals surface area contributed by atoms with Crippen LogP contribution in [-0.2, 0) is 0 Å². The molecule has 0 aliphatic carbocycles. The zero-order valence-electron chi connectivity index (χ0n) is 9.76. The van der Waals surface area contributed by atoms with E-state index in [-0.39, 0.29) is 5.54 Å². The lowest BCUT2D eigenvalue weighted by Crippen LogP contribution is -2.43. The molecular weight excluding hydrogens is 162 g/mol. The maximum atomic E-state index is 5.89. The number of nitrogens with zero attached hydrogens (tertiary/aromatic N) is 2. The molecule has 0 radical (unpaired) electrons. The van der Waals surface area contributed by atoms with Crippen LogP contribution in [0.1, 0.15) is 41.5 Å². The first-order valence-corrected chi connectivity index (χ1v) is 4.90. The Bertz CT molecular complexity index is 177. The summed E-state index contributed by atoms with van der Waals surface area (Å²) in [6.45, 7) is 13.4. The highest BCUT2D eigenvalue weighted by Gasteiger charge is 2.13. The lowest BCUT2D eigenvalue weighted by molar-refractivity contribution is 0.357. The first-order chi connectivity index (χ1) is 5.78. The highest BCUT2D eigenvalue weighted by atomic mass is 15.3. The van der Waals surface area contributed by atoms with Gasteiger partial charge >= 0.3 is 0 Å². The highest BCUT2D eigenvalue weighted by Crippen LogP contribution is 2.08. The van der Waals surface area contributed by atoms with Gasteiger partial charge in [-0.05, 0) is 41.5 Å². The molecule has 0 heterocycles. The molecule has 0 spiro atoms. The largest absolute Gasteiger partial charge is 0.370 e. The van der Waals surface area contributed by atoms with Gasteiger partial charge < -0.3 is 10.6 Å². The Labute approximate surface area is 82.0 Å². The molecule has 0 fully saturated rings. The smallest absolute Gasteiger partial charge is 0.192 e. The van der Waals surface area contributed by atoms with Crippen molar-refractivity contribution in [2.45, 2.75) is 53.1 Å². The lowest BCUT2D eigenvalue weighted by Gasteiger charge is -2.28. The quantitative estimate of drug-likeness (QED) is 0.527. The second-order valence-electron chi connectivity index (χ2n) is 4.52. The van der Waals surface area contributed by atoms with E-state index in [1.54, 1.807) is 0 Å². The van der Waals surface area contributed by atoms with Crippen LogP contribution in [0.5, 0.6) is 0 Å². The maximum absolute atomic E-state index is 5.89. The van der Waals surface area contributed by atoms with Crippen LogP contribution < -0.4 is 5.73 Å². The fraction of sp³-hybridized carbons (Fsp3) is 0.900. The van der Waals surface area contributed by atoms with Crippen LogP contribution in [0.25, 0.3) is 0 Å². The monoisotopic (exact) mass is 185 g/mol. The summed E-state index contributed by atoms with van der Waals surface area (Å²) in [5, 5.41) is 0. The molecule has 0 bridgehead atoms. The van der Waals surface area contributed by atoms with Crippen molar-refractivity contribution in [1.29, 1.82) is 0 Å². The molecule has 0 rings (SSSR count). The summed E-state index contributed by atoms with van der Waals surface area (Å²) < 4.78 is 0. The SMILES string of the molecule is CCN(C(N)=NC(C)(C)C)C(C)C. The first-order valence-electron chi connectivity index (χ1n) is 4.90. The van der Waals surface area contributed by atoms with Crippen molar-refractivity contribution in [3.8, 4) is 0 Å². The van der Waals surface area contributed by atoms with Crippen LogP contribution in [0, 0.1) is 0 Å². The summed E-state index contributed by atoms with van der Waals surface area (Å²) in [5.41, 5.74) is 5.80. The van der Waals surface area contributed by atoms with Gasteiger partial charge in [0.2, 0.25) is 0 Å². The molecule has 0 amide bonds. The third-order valence-electron chi connectivity index (χ3n) is 1.71. The molecule has 2 N–H and O–H groups in total. The van der Waals surface area contributed by atoms with Crippen molar-refractivity contribution in [2.24, 2.45) is 10.7 Å². The Morgan fingerprint density at radius 3 is 2.08 bits per heavy atom. The molecular formula is C10H23N3. The molecule has 0 saturated heterocycles. The molecule has 0 atom stereocenters. The molecule has 3 heteroatoms. The van der Waals surface area contributed by atoms with Gasteiger partial charge in [-0.3, -0.25) is 0 Å². The minimum Gasteiger partial charge on any atom is -0.370 e. The van der Waals surface area contributed by atoms with Gasteiger partial charge in [0.1, 0.15) is 0 Å². The normalized spacial score (nSPS) is 13.6. The summed E-state index contributed by atoms with van der Waals surface area (Å²) in [5.74, 6) is 0.644. The van der Waals surface area contributed by atoms with Crippen molar-refractivity contribution < 1.29 is 0 Å².